The van der Waals surface area contributed by atoms with Gasteiger partial charge in [0.25, 0.3) is 0 Å². The first-order valence-corrected chi connectivity index (χ1v) is 8.70. The number of benzene rings is 1. The molecule has 1 fully saturated rings. The van der Waals surface area contributed by atoms with E-state index < -0.39 is 11.8 Å². The molecule has 1 aliphatic heterocycles. The topological polar surface area (TPSA) is 72.9 Å². The van der Waals surface area contributed by atoms with Crippen molar-refractivity contribution in [2.45, 2.75) is 25.8 Å². The van der Waals surface area contributed by atoms with E-state index in [1.54, 1.807) is 0 Å². The highest BCUT2D eigenvalue weighted by Gasteiger charge is 2.26. The van der Waals surface area contributed by atoms with Gasteiger partial charge in [0, 0.05) is 24.2 Å². The zero-order valence-electron chi connectivity index (χ0n) is 14.6. The number of hydrogen-bond donors (Lipinski definition) is 2. The number of amides is 1. The van der Waals surface area contributed by atoms with Gasteiger partial charge in [0.2, 0.25) is 5.91 Å². The predicted octanol–water partition coefficient (Wildman–Crippen LogP) is 2.71. The fourth-order valence-corrected chi connectivity index (χ4v) is 3.27. The largest absolute Gasteiger partial charge is 0.480 e. The fraction of sp³-hybridized carbons (Fsp3) is 0.529. The molecule has 1 aromatic carbocycles. The summed E-state index contributed by atoms with van der Waals surface area (Å²) in [4.78, 5) is 26.9. The molecule has 9 heteroatoms. The van der Waals surface area contributed by atoms with Crippen LogP contribution in [0.1, 0.15) is 19.8 Å². The second-order valence-corrected chi connectivity index (χ2v) is 6.57. The number of nitrogens with zero attached hydrogens (tertiary/aromatic N) is 2. The van der Waals surface area contributed by atoms with E-state index in [-0.39, 0.29) is 43.1 Å². The molecule has 1 amide bonds. The Bertz CT molecular complexity index is 625. The molecular formula is C17H24Cl2FN3O3. The van der Waals surface area contributed by atoms with E-state index in [0.717, 1.165) is 12.8 Å². The Morgan fingerprint density at radius 1 is 1.38 bits per heavy atom. The van der Waals surface area contributed by atoms with Gasteiger partial charge < -0.3 is 10.4 Å². The van der Waals surface area contributed by atoms with Crippen molar-refractivity contribution < 1.29 is 19.1 Å². The SMILES string of the molecule is CCN(CC(=O)O)C1CCN(CC(=O)Nc2cc(Cl)ccc2F)CC1.Cl. The number of carboxylic acid groups (broad SMARTS) is 1. The van der Waals surface area contributed by atoms with Crippen molar-refractivity contribution in [1.82, 2.24) is 9.80 Å². The molecule has 0 saturated carbocycles. The monoisotopic (exact) mass is 407 g/mol. The van der Waals surface area contributed by atoms with Crippen LogP contribution in [0, 0.1) is 5.82 Å². The van der Waals surface area contributed by atoms with Crippen LogP contribution in [0.25, 0.3) is 0 Å². The number of rotatable bonds is 7. The number of anilines is 1. The summed E-state index contributed by atoms with van der Waals surface area (Å²) in [5.41, 5.74) is 0.0750. The normalized spacial score (nSPS) is 15.5. The minimum Gasteiger partial charge on any atom is -0.480 e. The number of hydrogen-bond acceptors (Lipinski definition) is 4. The molecule has 0 spiro atoms. The van der Waals surface area contributed by atoms with Gasteiger partial charge in [-0.3, -0.25) is 19.4 Å². The second-order valence-electron chi connectivity index (χ2n) is 6.14. The fourth-order valence-electron chi connectivity index (χ4n) is 3.10. The van der Waals surface area contributed by atoms with Gasteiger partial charge in [0.1, 0.15) is 5.82 Å². The molecule has 2 rings (SSSR count). The summed E-state index contributed by atoms with van der Waals surface area (Å²) in [6, 6.07) is 4.23. The molecule has 146 valence electrons. The van der Waals surface area contributed by atoms with Gasteiger partial charge in [-0.25, -0.2) is 4.39 Å². The zero-order valence-corrected chi connectivity index (χ0v) is 16.2. The molecular weight excluding hydrogens is 384 g/mol. The number of aliphatic carboxylic acids is 1. The van der Waals surface area contributed by atoms with E-state index in [2.05, 4.69) is 5.32 Å². The lowest BCUT2D eigenvalue weighted by Crippen LogP contribution is -2.48. The van der Waals surface area contributed by atoms with Gasteiger partial charge in [-0.1, -0.05) is 18.5 Å². The molecule has 1 aromatic rings. The van der Waals surface area contributed by atoms with E-state index in [4.69, 9.17) is 16.7 Å². The van der Waals surface area contributed by atoms with Crippen molar-refractivity contribution in [3.8, 4) is 0 Å². The Hall–Kier alpha value is -1.41. The van der Waals surface area contributed by atoms with Crippen LogP contribution in [-0.2, 0) is 9.59 Å². The first kappa shape index (κ1) is 22.6. The van der Waals surface area contributed by atoms with Crippen LogP contribution >= 0.6 is 24.0 Å². The molecule has 0 bridgehead atoms. The van der Waals surface area contributed by atoms with E-state index in [1.165, 1.54) is 18.2 Å². The van der Waals surface area contributed by atoms with Crippen molar-refractivity contribution in [2.24, 2.45) is 0 Å². The van der Waals surface area contributed by atoms with E-state index in [9.17, 15) is 14.0 Å². The quantitative estimate of drug-likeness (QED) is 0.726. The molecule has 0 aliphatic carbocycles. The minimum atomic E-state index is -0.827. The number of nitrogens with one attached hydrogen (secondary N) is 1. The van der Waals surface area contributed by atoms with Crippen LogP contribution < -0.4 is 5.32 Å². The smallest absolute Gasteiger partial charge is 0.317 e. The molecule has 1 aliphatic rings. The van der Waals surface area contributed by atoms with Crippen LogP contribution in [0.15, 0.2) is 18.2 Å². The third-order valence-corrected chi connectivity index (χ3v) is 4.62. The van der Waals surface area contributed by atoms with E-state index in [1.807, 2.05) is 16.7 Å². The van der Waals surface area contributed by atoms with Gasteiger partial charge in [-0.2, -0.15) is 0 Å². The average molecular weight is 408 g/mol. The predicted molar refractivity (Wildman–Crippen MR) is 102 cm³/mol. The molecule has 0 unspecified atom stereocenters. The van der Waals surface area contributed by atoms with E-state index >= 15 is 0 Å². The Balaban J connectivity index is 0.00000338. The van der Waals surface area contributed by atoms with Crippen molar-refractivity contribution in [1.29, 1.82) is 0 Å². The first-order valence-electron chi connectivity index (χ1n) is 8.32. The van der Waals surface area contributed by atoms with Crippen LogP contribution in [0.5, 0.6) is 0 Å². The summed E-state index contributed by atoms with van der Waals surface area (Å²) >= 11 is 5.81. The van der Waals surface area contributed by atoms with Gasteiger partial charge in [-0.05, 0) is 37.6 Å². The maximum absolute atomic E-state index is 13.7. The lowest BCUT2D eigenvalue weighted by molar-refractivity contribution is -0.139. The average Bonchev–Trinajstić information content (AvgIpc) is 2.56. The molecule has 0 aromatic heterocycles. The number of piperidine rings is 1. The lowest BCUT2D eigenvalue weighted by atomic mass is 10.0. The van der Waals surface area contributed by atoms with Crippen LogP contribution in [0.4, 0.5) is 10.1 Å². The number of carbonyl (C=O) groups is 2. The third-order valence-electron chi connectivity index (χ3n) is 4.39. The van der Waals surface area contributed by atoms with Gasteiger partial charge >= 0.3 is 5.97 Å². The van der Waals surface area contributed by atoms with Gasteiger partial charge in [0.15, 0.2) is 0 Å². The Morgan fingerprint density at radius 3 is 2.62 bits per heavy atom. The summed E-state index contributed by atoms with van der Waals surface area (Å²) in [7, 11) is 0. The summed E-state index contributed by atoms with van der Waals surface area (Å²) < 4.78 is 13.7. The molecule has 1 heterocycles. The lowest BCUT2D eigenvalue weighted by Gasteiger charge is -2.37. The van der Waals surface area contributed by atoms with Crippen LogP contribution in [-0.4, -0.2) is 65.5 Å². The maximum atomic E-state index is 13.7. The number of likely N-dealkylation sites (tertiary alicyclic amines) is 1. The number of carbonyl (C=O) groups excluding carboxylic acids is 1. The highest BCUT2D eigenvalue weighted by atomic mass is 35.5. The molecule has 1 saturated heterocycles. The molecule has 0 radical (unpaired) electrons. The molecule has 26 heavy (non-hydrogen) atoms. The Morgan fingerprint density at radius 2 is 2.04 bits per heavy atom. The summed E-state index contributed by atoms with van der Waals surface area (Å²) in [6.07, 6.45) is 1.61. The number of halogens is 3. The Labute approximate surface area is 163 Å². The van der Waals surface area contributed by atoms with Gasteiger partial charge in [-0.15, -0.1) is 12.4 Å². The van der Waals surface area contributed by atoms with E-state index in [0.29, 0.717) is 24.7 Å². The van der Waals surface area contributed by atoms with Crippen LogP contribution in [0.2, 0.25) is 5.02 Å². The summed E-state index contributed by atoms with van der Waals surface area (Å²) in [5.74, 6) is -1.64. The summed E-state index contributed by atoms with van der Waals surface area (Å²) in [6.45, 7) is 4.24. The van der Waals surface area contributed by atoms with Gasteiger partial charge in [0.05, 0.1) is 18.8 Å². The standard InChI is InChI=1S/C17H23ClFN3O3.ClH/c1-2-22(11-17(24)25)13-5-7-21(8-6-13)10-16(23)20-15-9-12(18)3-4-14(15)19;/h3-4,9,13H,2,5-8,10-11H2,1H3,(H,20,23)(H,24,25);1H. The number of carboxylic acids is 1. The minimum absolute atomic E-state index is 0. The molecule has 0 atom stereocenters. The summed E-state index contributed by atoms with van der Waals surface area (Å²) in [5, 5.41) is 11.9. The van der Waals surface area contributed by atoms with Crippen molar-refractivity contribution in [3.63, 3.8) is 0 Å². The van der Waals surface area contributed by atoms with Crippen LogP contribution in [0.3, 0.4) is 0 Å². The van der Waals surface area contributed by atoms with Crippen molar-refractivity contribution >= 4 is 41.6 Å². The Kier molecular flexibility index (Phi) is 9.29. The number of likely N-dealkylation sites (N-methyl/N-ethyl adjacent to an activating group) is 1. The first-order chi connectivity index (χ1) is 11.9. The van der Waals surface area contributed by atoms with Crippen molar-refractivity contribution in [2.75, 3.05) is 38.0 Å². The molecule has 6 nitrogen and oxygen atoms in total. The highest BCUT2D eigenvalue weighted by molar-refractivity contribution is 6.30. The third kappa shape index (κ3) is 6.72. The molecule has 2 N–H and O–H groups in total. The second kappa shape index (κ2) is 10.7. The maximum Gasteiger partial charge on any atom is 0.317 e. The zero-order chi connectivity index (χ0) is 18.4. The van der Waals surface area contributed by atoms with Crippen molar-refractivity contribution in [3.05, 3.63) is 29.0 Å². The highest BCUT2D eigenvalue weighted by Crippen LogP contribution is 2.20.